The molecular formula is C15H19NOS. The van der Waals surface area contributed by atoms with Crippen LogP contribution < -0.4 is 0 Å². The largest absolute Gasteiger partial charge is 0.396 e. The van der Waals surface area contributed by atoms with Crippen molar-refractivity contribution < 1.29 is 5.11 Å². The van der Waals surface area contributed by atoms with Gasteiger partial charge in [-0.15, -0.1) is 11.3 Å². The molecule has 0 fully saturated rings. The van der Waals surface area contributed by atoms with Crippen LogP contribution in [0.2, 0.25) is 0 Å². The summed E-state index contributed by atoms with van der Waals surface area (Å²) >= 11 is 1.69. The molecule has 0 saturated heterocycles. The lowest BCUT2D eigenvalue weighted by molar-refractivity contribution is 0.300. The van der Waals surface area contributed by atoms with E-state index < -0.39 is 0 Å². The van der Waals surface area contributed by atoms with Gasteiger partial charge in [-0.05, 0) is 44.4 Å². The summed E-state index contributed by atoms with van der Waals surface area (Å²) in [5.41, 5.74) is 6.22. The molecule has 3 heteroatoms. The number of thiazole rings is 1. The van der Waals surface area contributed by atoms with Crippen LogP contribution in [0.1, 0.15) is 27.3 Å². The highest BCUT2D eigenvalue weighted by molar-refractivity contribution is 7.15. The quantitative estimate of drug-likeness (QED) is 0.916. The summed E-state index contributed by atoms with van der Waals surface area (Å²) in [5, 5.41) is 10.1. The fraction of sp³-hybridized carbons (Fsp3) is 0.400. The Kier molecular flexibility index (Phi) is 3.83. The van der Waals surface area contributed by atoms with Crippen molar-refractivity contribution in [1.82, 2.24) is 4.98 Å². The van der Waals surface area contributed by atoms with E-state index in [2.05, 4.69) is 37.9 Å². The molecule has 1 aromatic carbocycles. The smallest absolute Gasteiger partial charge is 0.124 e. The predicted molar refractivity (Wildman–Crippen MR) is 77.3 cm³/mol. The molecular weight excluding hydrogens is 242 g/mol. The number of aromatic nitrogens is 1. The van der Waals surface area contributed by atoms with Gasteiger partial charge >= 0.3 is 0 Å². The van der Waals surface area contributed by atoms with Gasteiger partial charge in [-0.2, -0.15) is 0 Å². The third-order valence-electron chi connectivity index (χ3n) is 3.52. The zero-order chi connectivity index (χ0) is 13.3. The second kappa shape index (κ2) is 5.21. The highest BCUT2D eigenvalue weighted by Gasteiger charge is 2.12. The zero-order valence-electron chi connectivity index (χ0n) is 11.4. The third kappa shape index (κ3) is 2.33. The SMILES string of the molecule is Cc1ccc(-c2nc(C)c(CCO)s2)c(C)c1C. The zero-order valence-corrected chi connectivity index (χ0v) is 12.2. The lowest BCUT2D eigenvalue weighted by Crippen LogP contribution is -1.90. The maximum Gasteiger partial charge on any atom is 0.124 e. The van der Waals surface area contributed by atoms with Gasteiger partial charge in [-0.1, -0.05) is 12.1 Å². The van der Waals surface area contributed by atoms with Gasteiger partial charge < -0.3 is 5.11 Å². The van der Waals surface area contributed by atoms with E-state index in [1.165, 1.54) is 27.1 Å². The minimum atomic E-state index is 0.189. The van der Waals surface area contributed by atoms with Crippen LogP contribution in [0.25, 0.3) is 10.6 Å². The van der Waals surface area contributed by atoms with Gasteiger partial charge in [-0.25, -0.2) is 4.98 Å². The molecule has 0 saturated carbocycles. The third-order valence-corrected chi connectivity index (χ3v) is 4.77. The van der Waals surface area contributed by atoms with Gasteiger partial charge in [-0.3, -0.25) is 0 Å². The molecule has 1 aromatic heterocycles. The number of hydrogen-bond donors (Lipinski definition) is 1. The van der Waals surface area contributed by atoms with Crippen molar-refractivity contribution >= 4 is 11.3 Å². The first-order valence-corrected chi connectivity index (χ1v) is 7.00. The Morgan fingerprint density at radius 1 is 1.11 bits per heavy atom. The van der Waals surface area contributed by atoms with Crippen LogP contribution in [0.3, 0.4) is 0 Å². The van der Waals surface area contributed by atoms with E-state index in [1.807, 2.05) is 6.92 Å². The summed E-state index contributed by atoms with van der Waals surface area (Å²) in [6, 6.07) is 4.30. The van der Waals surface area contributed by atoms with Crippen LogP contribution >= 0.6 is 11.3 Å². The van der Waals surface area contributed by atoms with Gasteiger partial charge in [0, 0.05) is 23.5 Å². The summed E-state index contributed by atoms with van der Waals surface area (Å²) in [6.07, 6.45) is 0.702. The normalized spacial score (nSPS) is 10.9. The molecule has 2 aromatic rings. The summed E-state index contributed by atoms with van der Waals surface area (Å²) < 4.78 is 0. The molecule has 2 nitrogen and oxygen atoms in total. The Bertz CT molecular complexity index is 572. The van der Waals surface area contributed by atoms with E-state index in [0.717, 1.165) is 10.7 Å². The van der Waals surface area contributed by atoms with Crippen LogP contribution in [0.5, 0.6) is 0 Å². The summed E-state index contributed by atoms with van der Waals surface area (Å²) in [6.45, 7) is 8.65. The van der Waals surface area contributed by atoms with Crippen LogP contribution in [-0.4, -0.2) is 16.7 Å². The van der Waals surface area contributed by atoms with Gasteiger partial charge in [0.25, 0.3) is 0 Å². The van der Waals surface area contributed by atoms with Crippen molar-refractivity contribution in [3.8, 4) is 10.6 Å². The molecule has 0 spiro atoms. The maximum absolute atomic E-state index is 9.04. The van der Waals surface area contributed by atoms with Crippen LogP contribution in [-0.2, 0) is 6.42 Å². The summed E-state index contributed by atoms with van der Waals surface area (Å²) in [7, 11) is 0. The molecule has 2 rings (SSSR count). The second-order valence-electron chi connectivity index (χ2n) is 4.68. The van der Waals surface area contributed by atoms with E-state index in [1.54, 1.807) is 11.3 Å². The molecule has 0 bridgehead atoms. The molecule has 0 amide bonds. The van der Waals surface area contributed by atoms with Crippen molar-refractivity contribution in [2.24, 2.45) is 0 Å². The van der Waals surface area contributed by atoms with Crippen molar-refractivity contribution in [2.75, 3.05) is 6.61 Å². The number of rotatable bonds is 3. The van der Waals surface area contributed by atoms with Crippen molar-refractivity contribution in [3.63, 3.8) is 0 Å². The molecule has 0 radical (unpaired) electrons. The second-order valence-corrected chi connectivity index (χ2v) is 5.76. The Morgan fingerprint density at radius 3 is 2.50 bits per heavy atom. The maximum atomic E-state index is 9.04. The minimum Gasteiger partial charge on any atom is -0.396 e. The molecule has 1 heterocycles. The summed E-state index contributed by atoms with van der Waals surface area (Å²) in [5.74, 6) is 0. The average Bonchev–Trinajstić information content (AvgIpc) is 2.68. The Balaban J connectivity index is 2.49. The van der Waals surface area contributed by atoms with E-state index in [-0.39, 0.29) is 6.61 Å². The van der Waals surface area contributed by atoms with E-state index in [9.17, 15) is 0 Å². The number of nitrogens with zero attached hydrogens (tertiary/aromatic N) is 1. The van der Waals surface area contributed by atoms with Gasteiger partial charge in [0.05, 0.1) is 5.69 Å². The number of aliphatic hydroxyl groups is 1. The minimum absolute atomic E-state index is 0.189. The lowest BCUT2D eigenvalue weighted by Gasteiger charge is -2.08. The number of aliphatic hydroxyl groups excluding tert-OH is 1. The average molecular weight is 261 g/mol. The predicted octanol–water partition coefficient (Wildman–Crippen LogP) is 3.58. The van der Waals surface area contributed by atoms with Crippen molar-refractivity contribution in [2.45, 2.75) is 34.1 Å². The highest BCUT2D eigenvalue weighted by atomic mass is 32.1. The van der Waals surface area contributed by atoms with Gasteiger partial charge in [0.2, 0.25) is 0 Å². The lowest BCUT2D eigenvalue weighted by atomic mass is 9.99. The molecule has 0 aliphatic heterocycles. The molecule has 0 aliphatic carbocycles. The fourth-order valence-electron chi connectivity index (χ4n) is 2.06. The number of benzene rings is 1. The Labute approximate surface area is 112 Å². The highest BCUT2D eigenvalue weighted by Crippen LogP contribution is 2.32. The molecule has 18 heavy (non-hydrogen) atoms. The van der Waals surface area contributed by atoms with Crippen LogP contribution in [0.4, 0.5) is 0 Å². The standard InChI is InChI=1S/C15H19NOS/c1-9-5-6-13(11(3)10(9)2)15-16-12(4)14(18-15)7-8-17/h5-6,17H,7-8H2,1-4H3. The van der Waals surface area contributed by atoms with Crippen LogP contribution in [0, 0.1) is 27.7 Å². The van der Waals surface area contributed by atoms with Crippen LogP contribution in [0.15, 0.2) is 12.1 Å². The first kappa shape index (κ1) is 13.2. The molecule has 0 unspecified atom stereocenters. The monoisotopic (exact) mass is 261 g/mol. The Hall–Kier alpha value is -1.19. The topological polar surface area (TPSA) is 33.1 Å². The van der Waals surface area contributed by atoms with E-state index >= 15 is 0 Å². The molecule has 1 N–H and O–H groups in total. The van der Waals surface area contributed by atoms with Crippen molar-refractivity contribution in [1.29, 1.82) is 0 Å². The van der Waals surface area contributed by atoms with E-state index in [4.69, 9.17) is 5.11 Å². The Morgan fingerprint density at radius 2 is 1.83 bits per heavy atom. The summed E-state index contributed by atoms with van der Waals surface area (Å²) in [4.78, 5) is 5.82. The molecule has 0 atom stereocenters. The molecule has 96 valence electrons. The fourth-order valence-corrected chi connectivity index (χ4v) is 3.20. The van der Waals surface area contributed by atoms with Gasteiger partial charge in [0.15, 0.2) is 0 Å². The van der Waals surface area contributed by atoms with E-state index in [0.29, 0.717) is 6.42 Å². The van der Waals surface area contributed by atoms with Crippen molar-refractivity contribution in [3.05, 3.63) is 39.4 Å². The van der Waals surface area contributed by atoms with Gasteiger partial charge in [0.1, 0.15) is 5.01 Å². The number of aryl methyl sites for hydroxylation is 2. The first-order valence-electron chi connectivity index (χ1n) is 6.19. The first-order chi connectivity index (χ1) is 8.54. The number of hydrogen-bond acceptors (Lipinski definition) is 3. The molecule has 0 aliphatic rings.